The van der Waals surface area contributed by atoms with E-state index in [0.29, 0.717) is 0 Å². The molecular weight excluding hydrogens is 338 g/mol. The summed E-state index contributed by atoms with van der Waals surface area (Å²) in [6.07, 6.45) is 1.89. The van der Waals surface area contributed by atoms with Gasteiger partial charge in [0.15, 0.2) is 11.5 Å². The first-order valence-corrected chi connectivity index (χ1v) is 9.30. The van der Waals surface area contributed by atoms with E-state index in [1.807, 2.05) is 28.8 Å². The number of nitrogens with zero attached hydrogens (tertiary/aromatic N) is 6. The summed E-state index contributed by atoms with van der Waals surface area (Å²) in [6.45, 7) is 7.17. The lowest BCUT2D eigenvalue weighted by molar-refractivity contribution is 0.527. The SMILES string of the molecule is Cn1c(CCCNc2ccc3nnc(C(C)(C)C)n3n2)nc2ccccc21. The molecule has 0 saturated carbocycles. The fraction of sp³-hybridized carbons (Fsp3) is 0.400. The lowest BCUT2D eigenvalue weighted by Crippen LogP contribution is -2.17. The standard InChI is InChI=1S/C20H25N7/c1-20(2,3)19-24-23-18-12-11-16(25-27(18)19)21-13-7-10-17-22-14-8-5-6-9-15(14)26(17)4/h5-6,8-9,11-12H,7,10,13H2,1-4H3,(H,21,25). The predicted molar refractivity (Wildman–Crippen MR) is 107 cm³/mol. The van der Waals surface area contributed by atoms with Crippen molar-refractivity contribution in [3.05, 3.63) is 48.0 Å². The van der Waals surface area contributed by atoms with Crippen LogP contribution in [0.3, 0.4) is 0 Å². The normalized spacial score (nSPS) is 12.1. The average molecular weight is 363 g/mol. The fourth-order valence-corrected chi connectivity index (χ4v) is 3.23. The average Bonchev–Trinajstić information content (AvgIpc) is 3.20. The minimum absolute atomic E-state index is 0.106. The van der Waals surface area contributed by atoms with Gasteiger partial charge in [0.2, 0.25) is 0 Å². The molecule has 4 aromatic rings. The molecule has 0 spiro atoms. The van der Waals surface area contributed by atoms with E-state index in [1.165, 1.54) is 5.52 Å². The first-order chi connectivity index (χ1) is 12.9. The van der Waals surface area contributed by atoms with E-state index in [2.05, 4.69) is 65.1 Å². The van der Waals surface area contributed by atoms with Crippen LogP contribution in [0.4, 0.5) is 5.82 Å². The molecule has 7 nitrogen and oxygen atoms in total. The quantitative estimate of drug-likeness (QED) is 0.551. The Labute approximate surface area is 158 Å². The second-order valence-corrected chi connectivity index (χ2v) is 7.87. The molecule has 0 aliphatic rings. The molecule has 3 aromatic heterocycles. The molecular formula is C20H25N7. The van der Waals surface area contributed by atoms with Crippen LogP contribution < -0.4 is 5.32 Å². The minimum Gasteiger partial charge on any atom is -0.369 e. The molecule has 140 valence electrons. The van der Waals surface area contributed by atoms with Gasteiger partial charge >= 0.3 is 0 Å². The molecule has 1 aromatic carbocycles. The third-order valence-electron chi connectivity index (χ3n) is 4.70. The van der Waals surface area contributed by atoms with E-state index in [0.717, 1.165) is 48.0 Å². The largest absolute Gasteiger partial charge is 0.369 e. The Morgan fingerprint density at radius 2 is 1.85 bits per heavy atom. The second-order valence-electron chi connectivity index (χ2n) is 7.87. The maximum atomic E-state index is 4.73. The van der Waals surface area contributed by atoms with Gasteiger partial charge in [0, 0.05) is 25.4 Å². The van der Waals surface area contributed by atoms with E-state index in [1.54, 1.807) is 0 Å². The number of aryl methyl sites for hydroxylation is 2. The topological polar surface area (TPSA) is 72.9 Å². The summed E-state index contributed by atoms with van der Waals surface area (Å²) in [5.74, 6) is 2.80. The summed E-state index contributed by atoms with van der Waals surface area (Å²) in [5, 5.41) is 16.6. The zero-order valence-corrected chi connectivity index (χ0v) is 16.3. The summed E-state index contributed by atoms with van der Waals surface area (Å²) in [4.78, 5) is 4.73. The van der Waals surface area contributed by atoms with Crippen LogP contribution in [0.25, 0.3) is 16.7 Å². The number of fused-ring (bicyclic) bond motifs is 2. The molecule has 0 aliphatic carbocycles. The van der Waals surface area contributed by atoms with Crippen LogP contribution in [-0.2, 0) is 18.9 Å². The van der Waals surface area contributed by atoms with Crippen molar-refractivity contribution in [2.75, 3.05) is 11.9 Å². The third-order valence-corrected chi connectivity index (χ3v) is 4.70. The maximum absolute atomic E-state index is 4.73. The van der Waals surface area contributed by atoms with Crippen LogP contribution in [0.2, 0.25) is 0 Å². The van der Waals surface area contributed by atoms with Gasteiger partial charge in [-0.05, 0) is 30.7 Å². The number of imidazole rings is 1. The van der Waals surface area contributed by atoms with Gasteiger partial charge in [0.05, 0.1) is 11.0 Å². The number of rotatable bonds is 5. The van der Waals surface area contributed by atoms with E-state index < -0.39 is 0 Å². The molecule has 1 N–H and O–H groups in total. The van der Waals surface area contributed by atoms with Crippen LogP contribution in [-0.4, -0.2) is 35.9 Å². The lowest BCUT2D eigenvalue weighted by Gasteiger charge is -2.15. The molecule has 3 heterocycles. The van der Waals surface area contributed by atoms with Crippen molar-refractivity contribution in [3.63, 3.8) is 0 Å². The predicted octanol–water partition coefficient (Wildman–Crippen LogP) is 3.35. The van der Waals surface area contributed by atoms with Crippen LogP contribution in [0, 0.1) is 0 Å². The Morgan fingerprint density at radius 1 is 1.04 bits per heavy atom. The minimum atomic E-state index is -0.106. The molecule has 27 heavy (non-hydrogen) atoms. The molecule has 0 saturated heterocycles. The number of para-hydroxylation sites is 2. The van der Waals surface area contributed by atoms with Gasteiger partial charge in [0.1, 0.15) is 11.6 Å². The Hall–Kier alpha value is -2.96. The zero-order valence-electron chi connectivity index (χ0n) is 16.3. The van der Waals surface area contributed by atoms with Gasteiger partial charge in [-0.25, -0.2) is 4.98 Å². The van der Waals surface area contributed by atoms with Crippen LogP contribution >= 0.6 is 0 Å². The summed E-state index contributed by atoms with van der Waals surface area (Å²) >= 11 is 0. The Balaban J connectivity index is 1.42. The van der Waals surface area contributed by atoms with Gasteiger partial charge in [-0.2, -0.15) is 4.52 Å². The highest BCUT2D eigenvalue weighted by atomic mass is 15.4. The highest BCUT2D eigenvalue weighted by Crippen LogP contribution is 2.21. The van der Waals surface area contributed by atoms with Crippen molar-refractivity contribution in [3.8, 4) is 0 Å². The zero-order chi connectivity index (χ0) is 19.0. The van der Waals surface area contributed by atoms with Crippen molar-refractivity contribution < 1.29 is 0 Å². The lowest BCUT2D eigenvalue weighted by atomic mass is 9.96. The Bertz CT molecular complexity index is 1080. The van der Waals surface area contributed by atoms with E-state index >= 15 is 0 Å². The number of anilines is 1. The van der Waals surface area contributed by atoms with Crippen molar-refractivity contribution in [1.29, 1.82) is 0 Å². The summed E-state index contributed by atoms with van der Waals surface area (Å²) in [6, 6.07) is 12.1. The number of benzene rings is 1. The van der Waals surface area contributed by atoms with E-state index in [9.17, 15) is 0 Å². The number of nitrogens with one attached hydrogen (secondary N) is 1. The highest BCUT2D eigenvalue weighted by molar-refractivity contribution is 5.75. The number of hydrogen-bond donors (Lipinski definition) is 1. The molecule has 0 fully saturated rings. The molecule has 0 bridgehead atoms. The van der Waals surface area contributed by atoms with Gasteiger partial charge < -0.3 is 9.88 Å². The third kappa shape index (κ3) is 3.37. The molecule has 0 radical (unpaired) electrons. The smallest absolute Gasteiger partial charge is 0.178 e. The van der Waals surface area contributed by atoms with Gasteiger partial charge in [-0.15, -0.1) is 15.3 Å². The van der Waals surface area contributed by atoms with Gasteiger partial charge in [-0.1, -0.05) is 32.9 Å². The summed E-state index contributed by atoms with van der Waals surface area (Å²) < 4.78 is 4.00. The summed E-state index contributed by atoms with van der Waals surface area (Å²) in [7, 11) is 2.08. The first-order valence-electron chi connectivity index (χ1n) is 9.30. The van der Waals surface area contributed by atoms with Gasteiger partial charge in [-0.3, -0.25) is 0 Å². The van der Waals surface area contributed by atoms with E-state index in [4.69, 9.17) is 4.98 Å². The second kappa shape index (κ2) is 6.64. The molecule has 0 amide bonds. The van der Waals surface area contributed by atoms with Crippen molar-refractivity contribution in [1.82, 2.24) is 29.4 Å². The molecule has 0 unspecified atom stereocenters. The van der Waals surface area contributed by atoms with Crippen LogP contribution in [0.15, 0.2) is 36.4 Å². The number of hydrogen-bond acceptors (Lipinski definition) is 5. The Morgan fingerprint density at radius 3 is 2.63 bits per heavy atom. The highest BCUT2D eigenvalue weighted by Gasteiger charge is 2.21. The van der Waals surface area contributed by atoms with Crippen LogP contribution in [0.5, 0.6) is 0 Å². The molecule has 4 rings (SSSR count). The van der Waals surface area contributed by atoms with Gasteiger partial charge in [0.25, 0.3) is 0 Å². The Kier molecular flexibility index (Phi) is 4.30. The first kappa shape index (κ1) is 17.5. The summed E-state index contributed by atoms with van der Waals surface area (Å²) in [5.41, 5.74) is 2.89. The van der Waals surface area contributed by atoms with Crippen molar-refractivity contribution in [2.45, 2.75) is 39.0 Å². The fourth-order valence-electron chi connectivity index (χ4n) is 3.23. The monoisotopic (exact) mass is 363 g/mol. The molecule has 0 aliphatic heterocycles. The van der Waals surface area contributed by atoms with Crippen LogP contribution in [0.1, 0.15) is 38.8 Å². The van der Waals surface area contributed by atoms with Crippen molar-refractivity contribution >= 4 is 22.5 Å². The molecule has 7 heteroatoms. The maximum Gasteiger partial charge on any atom is 0.178 e. The number of aromatic nitrogens is 6. The van der Waals surface area contributed by atoms with Crippen molar-refractivity contribution in [2.24, 2.45) is 7.05 Å². The van der Waals surface area contributed by atoms with E-state index in [-0.39, 0.29) is 5.41 Å². The molecule has 0 atom stereocenters.